The standard InChI is InChI=1S/C7H11N3.C2H6/c1-9-6-4-2-3-5-7(6)10-8;1-2/h2-5,9-10H,8H2,1H3;1-2H3. The maximum Gasteiger partial charge on any atom is 0.0717 e. The van der Waals surface area contributed by atoms with Crippen LogP contribution in [0.25, 0.3) is 0 Å². The van der Waals surface area contributed by atoms with Gasteiger partial charge in [0.2, 0.25) is 0 Å². The van der Waals surface area contributed by atoms with Crippen molar-refractivity contribution in [2.75, 3.05) is 17.8 Å². The first-order chi connectivity index (χ1) is 5.88. The van der Waals surface area contributed by atoms with Crippen molar-refractivity contribution in [3.63, 3.8) is 0 Å². The number of nitrogens with one attached hydrogen (secondary N) is 2. The van der Waals surface area contributed by atoms with Crippen molar-refractivity contribution in [3.8, 4) is 0 Å². The molecule has 0 aliphatic rings. The summed E-state index contributed by atoms with van der Waals surface area (Å²) in [6, 6.07) is 7.74. The van der Waals surface area contributed by atoms with Crippen molar-refractivity contribution in [3.05, 3.63) is 24.3 Å². The summed E-state index contributed by atoms with van der Waals surface area (Å²) < 4.78 is 0. The highest BCUT2D eigenvalue weighted by Gasteiger charge is 1.93. The maximum absolute atomic E-state index is 5.24. The quantitative estimate of drug-likeness (QED) is 0.466. The Kier molecular flexibility index (Phi) is 5.83. The van der Waals surface area contributed by atoms with Crippen LogP contribution in [-0.4, -0.2) is 7.05 Å². The van der Waals surface area contributed by atoms with E-state index in [4.69, 9.17) is 5.84 Å². The molecule has 12 heavy (non-hydrogen) atoms. The second-order valence-corrected chi connectivity index (χ2v) is 1.94. The number of benzene rings is 1. The number of hydrazine groups is 1. The second-order valence-electron chi connectivity index (χ2n) is 1.94. The van der Waals surface area contributed by atoms with Gasteiger partial charge in [-0.2, -0.15) is 0 Å². The van der Waals surface area contributed by atoms with Crippen LogP contribution in [0, 0.1) is 0 Å². The molecule has 0 fully saturated rings. The summed E-state index contributed by atoms with van der Waals surface area (Å²) in [5, 5.41) is 3.00. The van der Waals surface area contributed by atoms with E-state index in [2.05, 4.69) is 10.7 Å². The number of hydrogen-bond donors (Lipinski definition) is 3. The molecule has 0 aliphatic carbocycles. The predicted octanol–water partition coefficient (Wildman–Crippen LogP) is 2.04. The van der Waals surface area contributed by atoms with Gasteiger partial charge in [0.25, 0.3) is 0 Å². The van der Waals surface area contributed by atoms with Gasteiger partial charge < -0.3 is 10.7 Å². The monoisotopic (exact) mass is 167 g/mol. The number of anilines is 2. The van der Waals surface area contributed by atoms with Gasteiger partial charge >= 0.3 is 0 Å². The van der Waals surface area contributed by atoms with E-state index in [1.807, 2.05) is 45.2 Å². The van der Waals surface area contributed by atoms with Crippen LogP contribution in [0.5, 0.6) is 0 Å². The lowest BCUT2D eigenvalue weighted by atomic mass is 10.3. The number of rotatable bonds is 2. The third kappa shape index (κ3) is 2.80. The zero-order valence-corrected chi connectivity index (χ0v) is 7.89. The smallest absolute Gasteiger partial charge is 0.0717 e. The molecule has 0 bridgehead atoms. The highest BCUT2D eigenvalue weighted by molar-refractivity contribution is 5.67. The summed E-state index contributed by atoms with van der Waals surface area (Å²) >= 11 is 0. The molecule has 4 N–H and O–H groups in total. The number of hydrogen-bond acceptors (Lipinski definition) is 3. The molecule has 0 radical (unpaired) electrons. The fourth-order valence-corrected chi connectivity index (χ4v) is 0.827. The molecule has 0 amide bonds. The summed E-state index contributed by atoms with van der Waals surface area (Å²) in [6.07, 6.45) is 0. The molecule has 1 aromatic carbocycles. The summed E-state index contributed by atoms with van der Waals surface area (Å²) in [6.45, 7) is 4.00. The number of para-hydroxylation sites is 2. The molecule has 1 aromatic rings. The lowest BCUT2D eigenvalue weighted by Gasteiger charge is -2.05. The normalized spacial score (nSPS) is 8.00. The zero-order chi connectivity index (χ0) is 9.40. The molecule has 0 unspecified atom stereocenters. The van der Waals surface area contributed by atoms with Crippen LogP contribution in [-0.2, 0) is 0 Å². The molecule has 0 atom stereocenters. The molecular weight excluding hydrogens is 150 g/mol. The SMILES string of the molecule is CC.CNc1ccccc1NN. The third-order valence-corrected chi connectivity index (χ3v) is 1.35. The molecule has 0 heterocycles. The zero-order valence-electron chi connectivity index (χ0n) is 7.89. The highest BCUT2D eigenvalue weighted by Crippen LogP contribution is 2.17. The van der Waals surface area contributed by atoms with Crippen molar-refractivity contribution < 1.29 is 0 Å². The average molecular weight is 167 g/mol. The third-order valence-electron chi connectivity index (χ3n) is 1.35. The lowest BCUT2D eigenvalue weighted by Crippen LogP contribution is -2.08. The first kappa shape index (κ1) is 10.8. The van der Waals surface area contributed by atoms with Gasteiger partial charge in [-0.1, -0.05) is 26.0 Å². The van der Waals surface area contributed by atoms with Gasteiger partial charge in [0.05, 0.1) is 11.4 Å². The summed E-state index contributed by atoms with van der Waals surface area (Å²) in [5.74, 6) is 5.24. The van der Waals surface area contributed by atoms with Crippen molar-refractivity contribution in [2.24, 2.45) is 5.84 Å². The van der Waals surface area contributed by atoms with Crippen LogP contribution in [0.15, 0.2) is 24.3 Å². The Labute approximate surface area is 73.9 Å². The molecule has 3 nitrogen and oxygen atoms in total. The molecular formula is C9H17N3. The Morgan fingerprint density at radius 3 is 1.92 bits per heavy atom. The van der Waals surface area contributed by atoms with E-state index in [9.17, 15) is 0 Å². The van der Waals surface area contributed by atoms with Gasteiger partial charge in [0.1, 0.15) is 0 Å². The first-order valence-corrected chi connectivity index (χ1v) is 4.12. The van der Waals surface area contributed by atoms with Crippen molar-refractivity contribution in [1.82, 2.24) is 0 Å². The molecule has 0 spiro atoms. The summed E-state index contributed by atoms with van der Waals surface area (Å²) in [4.78, 5) is 0. The second kappa shape index (κ2) is 6.49. The minimum Gasteiger partial charge on any atom is -0.386 e. The van der Waals surface area contributed by atoms with Crippen molar-refractivity contribution in [2.45, 2.75) is 13.8 Å². The molecule has 3 heteroatoms. The Morgan fingerprint density at radius 2 is 1.58 bits per heavy atom. The summed E-state index contributed by atoms with van der Waals surface area (Å²) in [7, 11) is 1.86. The van der Waals surface area contributed by atoms with Crippen molar-refractivity contribution >= 4 is 11.4 Å². The Hall–Kier alpha value is -1.22. The van der Waals surface area contributed by atoms with Gasteiger partial charge in [-0.25, -0.2) is 0 Å². The van der Waals surface area contributed by atoms with Crippen LogP contribution < -0.4 is 16.6 Å². The Balaban J connectivity index is 0.000000561. The van der Waals surface area contributed by atoms with Gasteiger partial charge in [-0.3, -0.25) is 5.84 Å². The van der Waals surface area contributed by atoms with Crippen LogP contribution >= 0.6 is 0 Å². The maximum atomic E-state index is 5.24. The van der Waals surface area contributed by atoms with Crippen LogP contribution in [0.4, 0.5) is 11.4 Å². The number of nitrogen functional groups attached to an aromatic ring is 1. The van der Waals surface area contributed by atoms with Crippen LogP contribution in [0.2, 0.25) is 0 Å². The van der Waals surface area contributed by atoms with E-state index in [-0.39, 0.29) is 0 Å². The molecule has 68 valence electrons. The Bertz CT molecular complexity index is 188. The van der Waals surface area contributed by atoms with E-state index in [0.29, 0.717) is 0 Å². The fourth-order valence-electron chi connectivity index (χ4n) is 0.827. The summed E-state index contributed by atoms with van der Waals surface area (Å²) in [5.41, 5.74) is 4.50. The van der Waals surface area contributed by atoms with Gasteiger partial charge in [0, 0.05) is 7.05 Å². The largest absolute Gasteiger partial charge is 0.386 e. The van der Waals surface area contributed by atoms with E-state index in [0.717, 1.165) is 11.4 Å². The van der Waals surface area contributed by atoms with E-state index >= 15 is 0 Å². The molecule has 0 aromatic heterocycles. The Morgan fingerprint density at radius 1 is 1.08 bits per heavy atom. The minimum absolute atomic E-state index is 0.907. The van der Waals surface area contributed by atoms with Gasteiger partial charge in [-0.05, 0) is 12.1 Å². The molecule has 1 rings (SSSR count). The van der Waals surface area contributed by atoms with Crippen LogP contribution in [0.3, 0.4) is 0 Å². The average Bonchev–Trinajstić information content (AvgIpc) is 2.20. The highest BCUT2D eigenvalue weighted by atomic mass is 15.2. The van der Waals surface area contributed by atoms with E-state index in [1.54, 1.807) is 0 Å². The molecule has 0 saturated carbocycles. The number of nitrogens with two attached hydrogens (primary N) is 1. The van der Waals surface area contributed by atoms with E-state index in [1.165, 1.54) is 0 Å². The van der Waals surface area contributed by atoms with E-state index < -0.39 is 0 Å². The van der Waals surface area contributed by atoms with Crippen molar-refractivity contribution in [1.29, 1.82) is 0 Å². The molecule has 0 aliphatic heterocycles. The predicted molar refractivity (Wildman–Crippen MR) is 55.1 cm³/mol. The lowest BCUT2D eigenvalue weighted by molar-refractivity contribution is 1.34. The van der Waals surface area contributed by atoms with Gasteiger partial charge in [-0.15, -0.1) is 0 Å². The van der Waals surface area contributed by atoms with Crippen LogP contribution in [0.1, 0.15) is 13.8 Å². The van der Waals surface area contributed by atoms with Gasteiger partial charge in [0.15, 0.2) is 0 Å². The first-order valence-electron chi connectivity index (χ1n) is 4.12. The molecule has 0 saturated heterocycles. The fraction of sp³-hybridized carbons (Fsp3) is 0.333. The topological polar surface area (TPSA) is 50.1 Å². The minimum atomic E-state index is 0.907.